The number of rotatable bonds is 2. The third-order valence-electron chi connectivity index (χ3n) is 3.59. The third-order valence-corrected chi connectivity index (χ3v) is 5.72. The van der Waals surface area contributed by atoms with Crippen LogP contribution in [0.25, 0.3) is 0 Å². The molecule has 0 aromatic carbocycles. The van der Waals surface area contributed by atoms with Crippen LogP contribution in [0.5, 0.6) is 0 Å². The summed E-state index contributed by atoms with van der Waals surface area (Å²) in [4.78, 5) is 14.6. The van der Waals surface area contributed by atoms with Crippen molar-refractivity contribution >= 4 is 33.0 Å². The Labute approximate surface area is 109 Å². The molecule has 0 spiro atoms. The highest BCUT2D eigenvalue weighted by Crippen LogP contribution is 2.40. The molecule has 2 rings (SSSR count). The van der Waals surface area contributed by atoms with Gasteiger partial charge in [-0.2, -0.15) is 0 Å². The zero-order valence-corrected chi connectivity index (χ0v) is 12.2. The van der Waals surface area contributed by atoms with Crippen LogP contribution in [0, 0.1) is 12.3 Å². The Morgan fingerprint density at radius 1 is 1.38 bits per heavy atom. The Balaban J connectivity index is 2.23. The van der Waals surface area contributed by atoms with E-state index in [1.807, 2.05) is 6.07 Å². The molecule has 0 N–H and O–H groups in total. The summed E-state index contributed by atoms with van der Waals surface area (Å²) in [6.45, 7) is 4.19. The number of Topliss-reactive ketones (excluding diaryl/α,β-unsaturated/α-hetero) is 1. The summed E-state index contributed by atoms with van der Waals surface area (Å²) < 4.78 is 1.07. The average molecular weight is 301 g/mol. The second-order valence-corrected chi connectivity index (χ2v) is 7.08. The van der Waals surface area contributed by atoms with E-state index in [9.17, 15) is 4.79 Å². The molecule has 0 atom stereocenters. The van der Waals surface area contributed by atoms with Gasteiger partial charge in [0.15, 0.2) is 5.78 Å². The molecule has 0 amide bonds. The maximum Gasteiger partial charge on any atom is 0.178 e. The topological polar surface area (TPSA) is 17.1 Å². The molecule has 0 unspecified atom stereocenters. The van der Waals surface area contributed by atoms with Gasteiger partial charge >= 0.3 is 0 Å². The van der Waals surface area contributed by atoms with Crippen molar-refractivity contribution in [3.8, 4) is 0 Å². The Morgan fingerprint density at radius 2 is 2.00 bits per heavy atom. The number of hydrogen-bond acceptors (Lipinski definition) is 2. The van der Waals surface area contributed by atoms with Gasteiger partial charge < -0.3 is 0 Å². The summed E-state index contributed by atoms with van der Waals surface area (Å²) >= 11 is 5.10. The summed E-state index contributed by atoms with van der Waals surface area (Å²) in [5.41, 5.74) is -0.102. The Kier molecular flexibility index (Phi) is 3.55. The minimum Gasteiger partial charge on any atom is -0.293 e. The number of carbonyl (C=O) groups excluding carboxylic acids is 1. The zero-order chi connectivity index (χ0) is 11.8. The van der Waals surface area contributed by atoms with Gasteiger partial charge in [-0.3, -0.25) is 4.79 Å². The van der Waals surface area contributed by atoms with Crippen LogP contribution in [0.1, 0.15) is 53.6 Å². The lowest BCUT2D eigenvalue weighted by Crippen LogP contribution is -2.29. The van der Waals surface area contributed by atoms with Crippen molar-refractivity contribution in [1.82, 2.24) is 0 Å². The van der Waals surface area contributed by atoms with Crippen LogP contribution in [0.2, 0.25) is 0 Å². The van der Waals surface area contributed by atoms with E-state index < -0.39 is 0 Å². The summed E-state index contributed by atoms with van der Waals surface area (Å²) in [5.74, 6) is 0.353. The number of halogens is 1. The van der Waals surface area contributed by atoms with Gasteiger partial charge in [0.1, 0.15) is 0 Å². The number of carbonyl (C=O) groups is 1. The van der Waals surface area contributed by atoms with Crippen LogP contribution >= 0.6 is 27.3 Å². The Morgan fingerprint density at radius 3 is 2.50 bits per heavy atom. The highest BCUT2D eigenvalue weighted by atomic mass is 79.9. The average Bonchev–Trinajstić information content (AvgIpc) is 2.59. The molecular formula is C13H17BrOS. The molecule has 0 bridgehead atoms. The van der Waals surface area contributed by atoms with Crippen LogP contribution in [0.15, 0.2) is 10.5 Å². The maximum atomic E-state index is 12.5. The molecule has 1 aromatic rings. The van der Waals surface area contributed by atoms with Crippen molar-refractivity contribution in [3.05, 3.63) is 20.3 Å². The van der Waals surface area contributed by atoms with E-state index in [1.54, 1.807) is 11.3 Å². The number of thiophene rings is 1. The van der Waals surface area contributed by atoms with Gasteiger partial charge in [0, 0.05) is 14.8 Å². The lowest BCUT2D eigenvalue weighted by Gasteiger charge is -2.31. The van der Waals surface area contributed by atoms with E-state index in [2.05, 4.69) is 29.8 Å². The van der Waals surface area contributed by atoms with Crippen molar-refractivity contribution in [2.45, 2.75) is 46.0 Å². The molecule has 88 valence electrons. The Hall–Kier alpha value is -0.150. The van der Waals surface area contributed by atoms with Crippen LogP contribution in [0.4, 0.5) is 0 Å². The number of aryl methyl sites for hydroxylation is 1. The molecule has 1 aliphatic rings. The van der Waals surface area contributed by atoms with Crippen molar-refractivity contribution in [2.75, 3.05) is 0 Å². The van der Waals surface area contributed by atoms with E-state index in [-0.39, 0.29) is 5.41 Å². The fourth-order valence-electron chi connectivity index (χ4n) is 2.43. The number of ketones is 1. The van der Waals surface area contributed by atoms with Gasteiger partial charge in [-0.25, -0.2) is 0 Å². The zero-order valence-electron chi connectivity index (χ0n) is 9.81. The molecular weight excluding hydrogens is 284 g/mol. The summed E-state index contributed by atoms with van der Waals surface area (Å²) in [6, 6.07) is 1.99. The molecule has 0 aliphatic heterocycles. The molecule has 0 radical (unpaired) electrons. The molecule has 1 heterocycles. The minimum absolute atomic E-state index is 0.102. The monoisotopic (exact) mass is 300 g/mol. The fraction of sp³-hybridized carbons (Fsp3) is 0.615. The van der Waals surface area contributed by atoms with Gasteiger partial charge in [0.25, 0.3) is 0 Å². The quantitative estimate of drug-likeness (QED) is 0.705. The van der Waals surface area contributed by atoms with Gasteiger partial charge in [0.2, 0.25) is 0 Å². The van der Waals surface area contributed by atoms with Gasteiger partial charge in [-0.05, 0) is 41.8 Å². The number of hydrogen-bond donors (Lipinski definition) is 0. The molecule has 1 nitrogen and oxygen atoms in total. The second kappa shape index (κ2) is 4.61. The highest BCUT2D eigenvalue weighted by molar-refractivity contribution is 9.10. The molecule has 1 fully saturated rings. The molecule has 3 heteroatoms. The first-order chi connectivity index (χ1) is 7.53. The first kappa shape index (κ1) is 12.3. The largest absolute Gasteiger partial charge is 0.293 e. The van der Waals surface area contributed by atoms with Crippen LogP contribution in [0.3, 0.4) is 0 Å². The summed E-state index contributed by atoms with van der Waals surface area (Å²) in [5, 5.41) is 0. The SMILES string of the molecule is Cc1sc(C(=O)C2(C)CCCCC2)cc1Br. The van der Waals surface area contributed by atoms with Crippen molar-refractivity contribution < 1.29 is 4.79 Å². The minimum atomic E-state index is -0.102. The van der Waals surface area contributed by atoms with Crippen LogP contribution in [-0.2, 0) is 0 Å². The van der Waals surface area contributed by atoms with Gasteiger partial charge in [-0.1, -0.05) is 26.2 Å². The van der Waals surface area contributed by atoms with Gasteiger partial charge in [0.05, 0.1) is 4.88 Å². The van der Waals surface area contributed by atoms with Crippen molar-refractivity contribution in [3.63, 3.8) is 0 Å². The van der Waals surface area contributed by atoms with E-state index >= 15 is 0 Å². The van der Waals surface area contributed by atoms with Gasteiger partial charge in [-0.15, -0.1) is 11.3 Å². The second-order valence-electron chi connectivity index (χ2n) is 4.97. The first-order valence-electron chi connectivity index (χ1n) is 5.84. The van der Waals surface area contributed by atoms with E-state index in [4.69, 9.17) is 0 Å². The van der Waals surface area contributed by atoms with Crippen LogP contribution < -0.4 is 0 Å². The molecule has 16 heavy (non-hydrogen) atoms. The van der Waals surface area contributed by atoms with Crippen molar-refractivity contribution in [1.29, 1.82) is 0 Å². The third kappa shape index (κ3) is 2.25. The van der Waals surface area contributed by atoms with E-state index in [0.29, 0.717) is 5.78 Å². The molecule has 1 saturated carbocycles. The van der Waals surface area contributed by atoms with Crippen molar-refractivity contribution in [2.24, 2.45) is 5.41 Å². The molecule has 1 aromatic heterocycles. The Bertz CT molecular complexity index is 383. The van der Waals surface area contributed by atoms with E-state index in [0.717, 1.165) is 22.2 Å². The molecule has 0 saturated heterocycles. The summed E-state index contributed by atoms with van der Waals surface area (Å²) in [7, 11) is 0. The van der Waals surface area contributed by atoms with E-state index in [1.165, 1.54) is 24.1 Å². The smallest absolute Gasteiger partial charge is 0.178 e. The van der Waals surface area contributed by atoms with Crippen LogP contribution in [-0.4, -0.2) is 5.78 Å². The normalized spacial score (nSPS) is 19.7. The first-order valence-corrected chi connectivity index (χ1v) is 7.45. The highest BCUT2D eigenvalue weighted by Gasteiger charge is 2.35. The fourth-order valence-corrected chi connectivity index (χ4v) is 4.05. The lowest BCUT2D eigenvalue weighted by atomic mass is 9.72. The molecule has 1 aliphatic carbocycles. The predicted octanol–water partition coefficient (Wildman–Crippen LogP) is 4.97. The standard InChI is InChI=1S/C13H17BrOS/c1-9-10(14)8-11(16-9)12(15)13(2)6-4-3-5-7-13/h8H,3-7H2,1-2H3. The predicted molar refractivity (Wildman–Crippen MR) is 72.3 cm³/mol. The maximum absolute atomic E-state index is 12.5. The lowest BCUT2D eigenvalue weighted by molar-refractivity contribution is 0.0754. The summed E-state index contributed by atoms with van der Waals surface area (Å²) in [6.07, 6.45) is 5.80.